The van der Waals surface area contributed by atoms with E-state index in [4.69, 9.17) is 5.11 Å². The quantitative estimate of drug-likeness (QED) is 0.926. The first-order valence-corrected chi connectivity index (χ1v) is 8.54. The fourth-order valence-corrected chi connectivity index (χ4v) is 3.95. The summed E-state index contributed by atoms with van der Waals surface area (Å²) in [4.78, 5) is 16.0. The third-order valence-corrected chi connectivity index (χ3v) is 5.43. The van der Waals surface area contributed by atoms with Crippen LogP contribution in [0, 0.1) is 12.8 Å². The molecule has 1 saturated heterocycles. The summed E-state index contributed by atoms with van der Waals surface area (Å²) in [5.74, 6) is -0.792. The van der Waals surface area contributed by atoms with Gasteiger partial charge in [0.25, 0.3) is 0 Å². The molecule has 116 valence electrons. The number of carboxylic acid groups (broad SMARTS) is 1. The van der Waals surface area contributed by atoms with Gasteiger partial charge in [0.15, 0.2) is 0 Å². The van der Waals surface area contributed by atoms with Gasteiger partial charge in [-0.2, -0.15) is 0 Å². The van der Waals surface area contributed by atoms with Gasteiger partial charge in [0.2, 0.25) is 0 Å². The Morgan fingerprint density at radius 3 is 2.50 bits per heavy atom. The monoisotopic (exact) mass is 315 g/mol. The van der Waals surface area contributed by atoms with Crippen molar-refractivity contribution < 1.29 is 9.90 Å². The second kappa shape index (κ2) is 6.63. The van der Waals surface area contributed by atoms with E-state index in [1.807, 2.05) is 11.3 Å². The molecule has 0 unspecified atom stereocenters. The maximum absolute atomic E-state index is 11.0. The molecular weight excluding hydrogens is 294 g/mol. The van der Waals surface area contributed by atoms with E-state index in [9.17, 15) is 4.79 Å². The Morgan fingerprint density at radius 2 is 1.86 bits per heavy atom. The number of aryl methyl sites for hydroxylation is 1. The third-order valence-electron chi connectivity index (χ3n) is 4.31. The SMILES string of the molecule is Cc1ccc(-c2ccc(CN3CCC(C(=O)O)CC3)s2)cc1. The second-order valence-corrected chi connectivity index (χ2v) is 7.19. The average Bonchev–Trinajstić information content (AvgIpc) is 2.97. The molecule has 1 aliphatic heterocycles. The second-order valence-electron chi connectivity index (χ2n) is 6.02. The lowest BCUT2D eigenvalue weighted by Gasteiger charge is -2.29. The molecule has 0 spiro atoms. The Kier molecular flexibility index (Phi) is 4.60. The molecule has 0 saturated carbocycles. The molecule has 1 N–H and O–H groups in total. The molecule has 0 radical (unpaired) electrons. The molecule has 1 aromatic carbocycles. The zero-order valence-corrected chi connectivity index (χ0v) is 13.6. The van der Waals surface area contributed by atoms with Crippen molar-refractivity contribution in [1.29, 1.82) is 0 Å². The van der Waals surface area contributed by atoms with E-state index >= 15 is 0 Å². The van der Waals surface area contributed by atoms with Crippen molar-refractivity contribution in [2.24, 2.45) is 5.92 Å². The standard InChI is InChI=1S/C18H21NO2S/c1-13-2-4-14(5-3-13)17-7-6-16(22-17)12-19-10-8-15(9-11-19)18(20)21/h2-7,15H,8-12H2,1H3,(H,20,21). The maximum Gasteiger partial charge on any atom is 0.306 e. The van der Waals surface area contributed by atoms with Crippen LogP contribution in [0.2, 0.25) is 0 Å². The van der Waals surface area contributed by atoms with E-state index in [-0.39, 0.29) is 5.92 Å². The minimum Gasteiger partial charge on any atom is -0.481 e. The minimum absolute atomic E-state index is 0.150. The summed E-state index contributed by atoms with van der Waals surface area (Å²) in [7, 11) is 0. The fraction of sp³-hybridized carbons (Fsp3) is 0.389. The first kappa shape index (κ1) is 15.3. The highest BCUT2D eigenvalue weighted by Crippen LogP contribution is 2.30. The number of benzene rings is 1. The van der Waals surface area contributed by atoms with Gasteiger partial charge in [-0.3, -0.25) is 9.69 Å². The van der Waals surface area contributed by atoms with Crippen LogP contribution in [-0.4, -0.2) is 29.1 Å². The first-order valence-electron chi connectivity index (χ1n) is 7.73. The zero-order valence-electron chi connectivity index (χ0n) is 12.8. The summed E-state index contributed by atoms with van der Waals surface area (Å²) >= 11 is 1.83. The van der Waals surface area contributed by atoms with Crippen LogP contribution in [0.25, 0.3) is 10.4 Å². The average molecular weight is 315 g/mol. The Hall–Kier alpha value is -1.65. The van der Waals surface area contributed by atoms with E-state index < -0.39 is 5.97 Å². The third kappa shape index (κ3) is 3.57. The van der Waals surface area contributed by atoms with Gasteiger partial charge >= 0.3 is 5.97 Å². The van der Waals surface area contributed by atoms with E-state index in [0.717, 1.165) is 32.5 Å². The predicted molar refractivity (Wildman–Crippen MR) is 90.1 cm³/mol. The number of nitrogens with zero attached hydrogens (tertiary/aromatic N) is 1. The summed E-state index contributed by atoms with van der Waals surface area (Å²) in [6.45, 7) is 4.80. The topological polar surface area (TPSA) is 40.5 Å². The summed E-state index contributed by atoms with van der Waals surface area (Å²) < 4.78 is 0. The number of carboxylic acids is 1. The van der Waals surface area contributed by atoms with Crippen LogP contribution >= 0.6 is 11.3 Å². The molecule has 1 aliphatic rings. The molecule has 2 heterocycles. The highest BCUT2D eigenvalue weighted by Gasteiger charge is 2.24. The van der Waals surface area contributed by atoms with Crippen LogP contribution in [0.3, 0.4) is 0 Å². The van der Waals surface area contributed by atoms with Crippen molar-refractivity contribution in [3.05, 3.63) is 46.8 Å². The smallest absolute Gasteiger partial charge is 0.306 e. The van der Waals surface area contributed by atoms with Gasteiger partial charge < -0.3 is 5.11 Å². The molecule has 0 aliphatic carbocycles. The Morgan fingerprint density at radius 1 is 1.18 bits per heavy atom. The number of hydrogen-bond acceptors (Lipinski definition) is 3. The Labute approximate surface area is 135 Å². The number of thiophene rings is 1. The number of likely N-dealkylation sites (tertiary alicyclic amines) is 1. The lowest BCUT2D eigenvalue weighted by Crippen LogP contribution is -2.35. The van der Waals surface area contributed by atoms with Crippen LogP contribution in [0.15, 0.2) is 36.4 Å². The van der Waals surface area contributed by atoms with E-state index in [1.54, 1.807) is 0 Å². The van der Waals surface area contributed by atoms with E-state index in [2.05, 4.69) is 48.2 Å². The summed E-state index contributed by atoms with van der Waals surface area (Å²) in [5.41, 5.74) is 2.55. The molecule has 3 nitrogen and oxygen atoms in total. The van der Waals surface area contributed by atoms with Crippen LogP contribution in [0.4, 0.5) is 0 Å². The first-order chi connectivity index (χ1) is 10.6. The number of hydrogen-bond donors (Lipinski definition) is 1. The highest BCUT2D eigenvalue weighted by molar-refractivity contribution is 7.15. The lowest BCUT2D eigenvalue weighted by atomic mass is 9.97. The molecular formula is C18H21NO2S. The van der Waals surface area contributed by atoms with Gasteiger partial charge in [0.05, 0.1) is 5.92 Å². The molecule has 4 heteroatoms. The zero-order chi connectivity index (χ0) is 15.5. The van der Waals surface area contributed by atoms with Gasteiger partial charge in [0, 0.05) is 16.3 Å². The number of piperidine rings is 1. The van der Waals surface area contributed by atoms with E-state index in [1.165, 1.54) is 20.9 Å². The van der Waals surface area contributed by atoms with Gasteiger partial charge in [-0.05, 0) is 50.6 Å². The van der Waals surface area contributed by atoms with E-state index in [0.29, 0.717) is 0 Å². The normalized spacial score (nSPS) is 16.8. The predicted octanol–water partition coefficient (Wildman–Crippen LogP) is 4.02. The minimum atomic E-state index is -0.641. The molecule has 0 atom stereocenters. The van der Waals surface area contributed by atoms with Crippen molar-refractivity contribution in [1.82, 2.24) is 4.90 Å². The molecule has 2 aromatic rings. The van der Waals surface area contributed by atoms with Crippen molar-refractivity contribution in [3.8, 4) is 10.4 Å². The van der Waals surface area contributed by atoms with Crippen molar-refractivity contribution >= 4 is 17.3 Å². The molecule has 1 fully saturated rings. The molecule has 0 bridgehead atoms. The number of rotatable bonds is 4. The highest BCUT2D eigenvalue weighted by atomic mass is 32.1. The Balaban J connectivity index is 1.60. The fourth-order valence-electron chi connectivity index (χ4n) is 2.89. The van der Waals surface area contributed by atoms with Crippen molar-refractivity contribution in [2.45, 2.75) is 26.3 Å². The molecule has 3 rings (SSSR count). The number of aliphatic carboxylic acids is 1. The lowest BCUT2D eigenvalue weighted by molar-refractivity contribution is -0.143. The summed E-state index contributed by atoms with van der Waals surface area (Å²) in [5, 5.41) is 9.05. The molecule has 1 aromatic heterocycles. The molecule has 22 heavy (non-hydrogen) atoms. The van der Waals surface area contributed by atoms with Gasteiger partial charge in [0.1, 0.15) is 0 Å². The van der Waals surface area contributed by atoms with Crippen LogP contribution < -0.4 is 0 Å². The number of carbonyl (C=O) groups is 1. The Bertz CT molecular complexity index is 639. The van der Waals surface area contributed by atoms with Crippen LogP contribution in [0.1, 0.15) is 23.3 Å². The largest absolute Gasteiger partial charge is 0.481 e. The molecule has 0 amide bonds. The van der Waals surface area contributed by atoms with Gasteiger partial charge in [-0.15, -0.1) is 11.3 Å². The summed E-state index contributed by atoms with van der Waals surface area (Å²) in [6, 6.07) is 13.0. The van der Waals surface area contributed by atoms with Crippen molar-refractivity contribution in [3.63, 3.8) is 0 Å². The van der Waals surface area contributed by atoms with Gasteiger partial charge in [-0.1, -0.05) is 29.8 Å². The maximum atomic E-state index is 11.0. The van der Waals surface area contributed by atoms with Crippen LogP contribution in [0.5, 0.6) is 0 Å². The summed E-state index contributed by atoms with van der Waals surface area (Å²) in [6.07, 6.45) is 1.54. The van der Waals surface area contributed by atoms with Crippen molar-refractivity contribution in [2.75, 3.05) is 13.1 Å². The van der Waals surface area contributed by atoms with Crippen LogP contribution in [-0.2, 0) is 11.3 Å². The van der Waals surface area contributed by atoms with Gasteiger partial charge in [-0.25, -0.2) is 0 Å².